The van der Waals surface area contributed by atoms with E-state index in [0.29, 0.717) is 16.7 Å². The van der Waals surface area contributed by atoms with Gasteiger partial charge in [-0.15, -0.1) is 0 Å². The van der Waals surface area contributed by atoms with E-state index in [1.807, 2.05) is 0 Å². The van der Waals surface area contributed by atoms with Crippen LogP contribution in [0.4, 0.5) is 0 Å². The summed E-state index contributed by atoms with van der Waals surface area (Å²) < 4.78 is 31.3. The maximum absolute atomic E-state index is 14.1. The molecule has 3 aromatic carbocycles. The molecule has 0 fully saturated rings. The van der Waals surface area contributed by atoms with Gasteiger partial charge in [0.1, 0.15) is 17.2 Å². The molecule has 3 rings (SSSR count). The second-order valence-corrected chi connectivity index (χ2v) is 12.0. The molecule has 0 aliphatic carbocycles. The van der Waals surface area contributed by atoms with Crippen LogP contribution in [0, 0.1) is 20.8 Å². The summed E-state index contributed by atoms with van der Waals surface area (Å²) in [5.41, 5.74) is 0.962. The number of phosphoric ester groups is 1. The van der Waals surface area contributed by atoms with Crippen LogP contribution in [0.1, 0.15) is 16.7 Å². The van der Waals surface area contributed by atoms with Crippen LogP contribution >= 0.6 is 112 Å². The molecule has 0 heterocycles. The number of benzene rings is 3. The summed E-state index contributed by atoms with van der Waals surface area (Å²) >= 11 is 55.4. The van der Waals surface area contributed by atoms with Gasteiger partial charge in [-0.3, -0.25) is 0 Å². The average molecular weight is 678 g/mol. The standard InChI is InChI=1S/C21H12Cl9O4P/c1-7-13(4-10(22)19(28)16(7)25)32-35(31,33-14-5-11(23)20(29)17(26)8(14)2)34-15-6-12(24)21(30)18(27)9(15)3/h4-6H,1-3H3. The van der Waals surface area contributed by atoms with Crippen LogP contribution < -0.4 is 13.6 Å². The number of phosphoric acid groups is 1. The Labute approximate surface area is 246 Å². The predicted octanol–water partition coefficient (Wildman–Crippen LogP) is 12.1. The van der Waals surface area contributed by atoms with Gasteiger partial charge in [-0.1, -0.05) is 104 Å². The summed E-state index contributed by atoms with van der Waals surface area (Å²) in [5.74, 6) is -0.0823. The zero-order valence-electron chi connectivity index (χ0n) is 17.7. The van der Waals surface area contributed by atoms with Crippen LogP contribution in [0.2, 0.25) is 45.2 Å². The lowest BCUT2D eigenvalue weighted by molar-refractivity contribution is 0.296. The molecule has 0 radical (unpaired) electrons. The lowest BCUT2D eigenvalue weighted by Crippen LogP contribution is -2.10. The van der Waals surface area contributed by atoms with E-state index in [1.54, 1.807) is 20.8 Å². The van der Waals surface area contributed by atoms with Crippen molar-refractivity contribution in [3.8, 4) is 17.2 Å². The smallest absolute Gasteiger partial charge is 0.386 e. The Morgan fingerprint density at radius 2 is 0.714 bits per heavy atom. The zero-order valence-corrected chi connectivity index (χ0v) is 25.4. The molecular formula is C21H12Cl9O4P. The minimum atomic E-state index is -4.61. The molecule has 0 saturated heterocycles. The fourth-order valence-corrected chi connectivity index (χ4v) is 6.00. The van der Waals surface area contributed by atoms with Gasteiger partial charge < -0.3 is 13.6 Å². The first kappa shape index (κ1) is 29.5. The monoisotopic (exact) mass is 674 g/mol. The molecule has 0 unspecified atom stereocenters. The number of hydrogen-bond donors (Lipinski definition) is 0. The molecule has 4 nitrogen and oxygen atoms in total. The van der Waals surface area contributed by atoms with E-state index in [2.05, 4.69) is 0 Å². The normalized spacial score (nSPS) is 11.5. The van der Waals surface area contributed by atoms with E-state index in [4.69, 9.17) is 118 Å². The van der Waals surface area contributed by atoms with Crippen molar-refractivity contribution >= 4 is 112 Å². The molecule has 0 saturated carbocycles. The minimum Gasteiger partial charge on any atom is -0.386 e. The van der Waals surface area contributed by atoms with E-state index in [-0.39, 0.29) is 62.5 Å². The van der Waals surface area contributed by atoms with Crippen molar-refractivity contribution in [2.75, 3.05) is 0 Å². The van der Waals surface area contributed by atoms with Gasteiger partial charge in [0.05, 0.1) is 45.2 Å². The van der Waals surface area contributed by atoms with E-state index >= 15 is 0 Å². The molecule has 35 heavy (non-hydrogen) atoms. The molecule has 0 bridgehead atoms. The van der Waals surface area contributed by atoms with Gasteiger partial charge in [-0.25, -0.2) is 0 Å². The maximum atomic E-state index is 14.1. The number of halogens is 9. The Balaban J connectivity index is 2.18. The van der Waals surface area contributed by atoms with Gasteiger partial charge >= 0.3 is 7.82 Å². The third kappa shape index (κ3) is 6.15. The molecule has 0 amide bonds. The van der Waals surface area contributed by atoms with E-state index in [9.17, 15) is 4.57 Å². The number of hydrogen-bond acceptors (Lipinski definition) is 4. The van der Waals surface area contributed by atoms with Gasteiger partial charge in [0.2, 0.25) is 0 Å². The highest BCUT2D eigenvalue weighted by atomic mass is 35.5. The Bertz CT molecular complexity index is 1230. The lowest BCUT2D eigenvalue weighted by atomic mass is 10.2. The van der Waals surface area contributed by atoms with E-state index in [0.717, 1.165) is 0 Å². The van der Waals surface area contributed by atoms with Crippen LogP contribution in [-0.4, -0.2) is 0 Å². The minimum absolute atomic E-state index is 0.0274. The molecular weight excluding hydrogens is 666 g/mol. The van der Waals surface area contributed by atoms with Crippen LogP contribution in [0.3, 0.4) is 0 Å². The highest BCUT2D eigenvalue weighted by molar-refractivity contribution is 7.49. The average Bonchev–Trinajstić information content (AvgIpc) is 2.80. The first-order chi connectivity index (χ1) is 16.2. The van der Waals surface area contributed by atoms with Crippen LogP contribution in [0.15, 0.2) is 18.2 Å². The Morgan fingerprint density at radius 1 is 0.486 bits per heavy atom. The highest BCUT2D eigenvalue weighted by Gasteiger charge is 2.37. The number of rotatable bonds is 6. The SMILES string of the molecule is Cc1c(OP(=O)(Oc2cc(Cl)c(Cl)c(Cl)c2C)Oc2cc(Cl)c(Cl)c(Cl)c2C)cc(Cl)c(Cl)c1Cl. The Kier molecular flexibility index (Phi) is 9.54. The summed E-state index contributed by atoms with van der Waals surface area (Å²) in [6.45, 7) is 4.73. The summed E-state index contributed by atoms with van der Waals surface area (Å²) in [6.07, 6.45) is 0. The molecule has 0 aliphatic rings. The summed E-state index contributed by atoms with van der Waals surface area (Å²) in [6, 6.07) is 3.94. The molecule has 188 valence electrons. The van der Waals surface area contributed by atoms with Gasteiger partial charge in [-0.2, -0.15) is 4.57 Å². The Morgan fingerprint density at radius 3 is 0.943 bits per heavy atom. The van der Waals surface area contributed by atoms with Gasteiger partial charge in [0.15, 0.2) is 0 Å². The van der Waals surface area contributed by atoms with Crippen molar-refractivity contribution in [3.05, 3.63) is 80.1 Å². The third-order valence-electron chi connectivity index (χ3n) is 4.71. The van der Waals surface area contributed by atoms with Gasteiger partial charge in [-0.05, 0) is 20.8 Å². The fraction of sp³-hybridized carbons (Fsp3) is 0.143. The fourth-order valence-electron chi connectivity index (χ4n) is 2.69. The first-order valence-electron chi connectivity index (χ1n) is 9.28. The van der Waals surface area contributed by atoms with Gasteiger partial charge in [0, 0.05) is 34.9 Å². The molecule has 3 aromatic rings. The molecule has 14 heteroatoms. The maximum Gasteiger partial charge on any atom is 0.647 e. The van der Waals surface area contributed by atoms with Crippen molar-refractivity contribution < 1.29 is 18.1 Å². The molecule has 0 N–H and O–H groups in total. The predicted molar refractivity (Wildman–Crippen MR) is 148 cm³/mol. The quantitative estimate of drug-likeness (QED) is 0.192. The van der Waals surface area contributed by atoms with E-state index in [1.165, 1.54) is 18.2 Å². The van der Waals surface area contributed by atoms with Crippen molar-refractivity contribution in [1.29, 1.82) is 0 Å². The second-order valence-electron chi connectivity index (χ2n) is 7.05. The van der Waals surface area contributed by atoms with Crippen molar-refractivity contribution in [2.45, 2.75) is 20.8 Å². The molecule has 0 aliphatic heterocycles. The second kappa shape index (κ2) is 11.3. The van der Waals surface area contributed by atoms with Crippen LogP contribution in [-0.2, 0) is 4.57 Å². The highest BCUT2D eigenvalue weighted by Crippen LogP contribution is 2.55. The van der Waals surface area contributed by atoms with Crippen molar-refractivity contribution in [3.63, 3.8) is 0 Å². The Hall–Kier alpha value is -0.100. The van der Waals surface area contributed by atoms with Crippen LogP contribution in [0.25, 0.3) is 0 Å². The summed E-state index contributed by atoms with van der Waals surface area (Å²) in [5, 5.41) is 0.677. The molecule has 0 atom stereocenters. The summed E-state index contributed by atoms with van der Waals surface area (Å²) in [7, 11) is -4.61. The summed E-state index contributed by atoms with van der Waals surface area (Å²) in [4.78, 5) is 0. The zero-order chi connectivity index (χ0) is 26.4. The van der Waals surface area contributed by atoms with E-state index < -0.39 is 7.82 Å². The third-order valence-corrected chi connectivity index (χ3v) is 10.0. The first-order valence-corrected chi connectivity index (χ1v) is 14.1. The largest absolute Gasteiger partial charge is 0.647 e. The molecule has 0 spiro atoms. The topological polar surface area (TPSA) is 44.8 Å². The van der Waals surface area contributed by atoms with Gasteiger partial charge in [0.25, 0.3) is 0 Å². The van der Waals surface area contributed by atoms with Crippen molar-refractivity contribution in [2.24, 2.45) is 0 Å². The molecule has 0 aromatic heterocycles. The van der Waals surface area contributed by atoms with Crippen LogP contribution in [0.5, 0.6) is 17.2 Å². The van der Waals surface area contributed by atoms with Crippen molar-refractivity contribution in [1.82, 2.24) is 0 Å². The lowest BCUT2D eigenvalue weighted by Gasteiger charge is -2.23.